The van der Waals surface area contributed by atoms with Crippen LogP contribution in [0.2, 0.25) is 0 Å². The number of amides is 1. The second-order valence-electron chi connectivity index (χ2n) is 3.10. The van der Waals surface area contributed by atoms with Crippen LogP contribution in [0.25, 0.3) is 0 Å². The maximum atomic E-state index is 11.5. The van der Waals surface area contributed by atoms with Crippen molar-refractivity contribution >= 4 is 17.8 Å². The Hall–Kier alpha value is -1.85. The van der Waals surface area contributed by atoms with Crippen molar-refractivity contribution in [2.75, 3.05) is 6.61 Å². The molecule has 0 saturated heterocycles. The first-order valence-electron chi connectivity index (χ1n) is 4.66. The standard InChI is InChI=1S/C10H15NO5.H2/c1-5-15-8(13)10(4,11-7(3)12)9(14)16-6-2;/h5H,1,6H2,2-4H3,(H,11,12);1H. The number of esters is 2. The Morgan fingerprint density at radius 2 is 2.00 bits per heavy atom. The van der Waals surface area contributed by atoms with Crippen LogP contribution in [-0.2, 0) is 23.9 Å². The van der Waals surface area contributed by atoms with Crippen molar-refractivity contribution in [1.82, 2.24) is 5.32 Å². The lowest BCUT2D eigenvalue weighted by Gasteiger charge is -2.24. The van der Waals surface area contributed by atoms with Gasteiger partial charge in [0.1, 0.15) is 0 Å². The molecule has 1 amide bonds. The highest BCUT2D eigenvalue weighted by molar-refractivity contribution is 6.07. The summed E-state index contributed by atoms with van der Waals surface area (Å²) < 4.78 is 9.17. The fourth-order valence-electron chi connectivity index (χ4n) is 1.01. The van der Waals surface area contributed by atoms with Gasteiger partial charge in [0.2, 0.25) is 11.4 Å². The number of rotatable bonds is 5. The topological polar surface area (TPSA) is 81.7 Å². The normalized spacial score (nSPS) is 13.2. The van der Waals surface area contributed by atoms with E-state index in [1.165, 1.54) is 13.8 Å². The highest BCUT2D eigenvalue weighted by Gasteiger charge is 2.45. The lowest BCUT2D eigenvalue weighted by molar-refractivity contribution is -0.164. The summed E-state index contributed by atoms with van der Waals surface area (Å²) in [5, 5.41) is 2.19. The number of hydrogen-bond acceptors (Lipinski definition) is 5. The van der Waals surface area contributed by atoms with E-state index in [4.69, 9.17) is 0 Å². The van der Waals surface area contributed by atoms with Gasteiger partial charge in [0.15, 0.2) is 0 Å². The zero-order valence-corrected chi connectivity index (χ0v) is 9.53. The second-order valence-corrected chi connectivity index (χ2v) is 3.10. The van der Waals surface area contributed by atoms with Crippen LogP contribution in [0.4, 0.5) is 0 Å². The predicted octanol–water partition coefficient (Wildman–Crippen LogP) is 0.377. The van der Waals surface area contributed by atoms with Crippen LogP contribution < -0.4 is 5.32 Å². The summed E-state index contributed by atoms with van der Waals surface area (Å²) in [5.41, 5.74) is -1.85. The smallest absolute Gasteiger partial charge is 0.348 e. The number of carbonyl (C=O) groups is 3. The van der Waals surface area contributed by atoms with Gasteiger partial charge in [-0.2, -0.15) is 0 Å². The van der Waals surface area contributed by atoms with Gasteiger partial charge in [0.25, 0.3) is 0 Å². The average molecular weight is 231 g/mol. The summed E-state index contributed by atoms with van der Waals surface area (Å²) in [7, 11) is 0. The third-order valence-corrected chi connectivity index (χ3v) is 1.71. The molecule has 0 rings (SSSR count). The predicted molar refractivity (Wildman–Crippen MR) is 57.3 cm³/mol. The monoisotopic (exact) mass is 231 g/mol. The summed E-state index contributed by atoms with van der Waals surface area (Å²) in [6, 6.07) is 0. The highest BCUT2D eigenvalue weighted by Crippen LogP contribution is 2.10. The van der Waals surface area contributed by atoms with Gasteiger partial charge in [-0.25, -0.2) is 9.59 Å². The summed E-state index contributed by atoms with van der Waals surface area (Å²) in [5.74, 6) is -2.37. The van der Waals surface area contributed by atoms with Crippen molar-refractivity contribution in [3.63, 3.8) is 0 Å². The summed E-state index contributed by atoms with van der Waals surface area (Å²) >= 11 is 0. The van der Waals surface area contributed by atoms with E-state index < -0.39 is 23.4 Å². The first-order valence-corrected chi connectivity index (χ1v) is 4.66. The van der Waals surface area contributed by atoms with Crippen LogP contribution in [0.15, 0.2) is 12.8 Å². The molecule has 0 radical (unpaired) electrons. The quantitative estimate of drug-likeness (QED) is 0.420. The Kier molecular flexibility index (Phi) is 5.21. The molecule has 0 aliphatic rings. The van der Waals surface area contributed by atoms with Gasteiger partial charge in [0.05, 0.1) is 12.9 Å². The minimum atomic E-state index is -1.85. The Bertz CT molecular complexity index is 318. The van der Waals surface area contributed by atoms with Crippen LogP contribution in [-0.4, -0.2) is 30.0 Å². The van der Waals surface area contributed by atoms with E-state index in [1.807, 2.05) is 0 Å². The summed E-state index contributed by atoms with van der Waals surface area (Å²) in [4.78, 5) is 34.0. The molecule has 6 nitrogen and oxygen atoms in total. The van der Waals surface area contributed by atoms with Crippen molar-refractivity contribution in [1.29, 1.82) is 0 Å². The maximum absolute atomic E-state index is 11.5. The Balaban J connectivity index is 0. The molecule has 1 N–H and O–H groups in total. The van der Waals surface area contributed by atoms with E-state index >= 15 is 0 Å². The van der Waals surface area contributed by atoms with E-state index in [-0.39, 0.29) is 8.03 Å². The molecular weight excluding hydrogens is 214 g/mol. The van der Waals surface area contributed by atoms with Crippen LogP contribution in [0.1, 0.15) is 22.2 Å². The molecule has 0 aliphatic heterocycles. The van der Waals surface area contributed by atoms with Crippen LogP contribution in [0.3, 0.4) is 0 Å². The molecule has 0 spiro atoms. The molecule has 16 heavy (non-hydrogen) atoms. The van der Waals surface area contributed by atoms with Crippen molar-refractivity contribution in [2.45, 2.75) is 26.3 Å². The zero-order valence-electron chi connectivity index (χ0n) is 9.53. The number of ether oxygens (including phenoxy) is 2. The molecule has 1 unspecified atom stereocenters. The van der Waals surface area contributed by atoms with Crippen molar-refractivity contribution in [2.24, 2.45) is 0 Å². The van der Waals surface area contributed by atoms with E-state index in [0.717, 1.165) is 6.26 Å². The molecule has 0 aromatic heterocycles. The lowest BCUT2D eigenvalue weighted by atomic mass is 10.0. The van der Waals surface area contributed by atoms with E-state index in [9.17, 15) is 14.4 Å². The second kappa shape index (κ2) is 5.89. The Morgan fingerprint density at radius 3 is 2.38 bits per heavy atom. The molecular formula is C10H17NO5. The van der Waals surface area contributed by atoms with Gasteiger partial charge in [-0.1, -0.05) is 6.58 Å². The molecule has 6 heteroatoms. The van der Waals surface area contributed by atoms with E-state index in [2.05, 4.69) is 21.4 Å². The van der Waals surface area contributed by atoms with E-state index in [1.54, 1.807) is 6.92 Å². The molecule has 0 aliphatic carbocycles. The first kappa shape index (κ1) is 14.2. The summed E-state index contributed by atoms with van der Waals surface area (Å²) in [6.45, 7) is 7.26. The number of carbonyl (C=O) groups excluding carboxylic acids is 3. The molecule has 0 aromatic rings. The van der Waals surface area contributed by atoms with Gasteiger partial charge < -0.3 is 14.8 Å². The largest absolute Gasteiger partial charge is 0.464 e. The Morgan fingerprint density at radius 1 is 1.44 bits per heavy atom. The van der Waals surface area contributed by atoms with Crippen molar-refractivity contribution in [3.8, 4) is 0 Å². The van der Waals surface area contributed by atoms with Crippen molar-refractivity contribution in [3.05, 3.63) is 12.8 Å². The van der Waals surface area contributed by atoms with Crippen LogP contribution >= 0.6 is 0 Å². The third-order valence-electron chi connectivity index (χ3n) is 1.71. The van der Waals surface area contributed by atoms with Crippen molar-refractivity contribution < 1.29 is 25.3 Å². The third kappa shape index (κ3) is 3.38. The highest BCUT2D eigenvalue weighted by atomic mass is 16.6. The number of nitrogens with one attached hydrogen (secondary N) is 1. The van der Waals surface area contributed by atoms with Gasteiger partial charge in [-0.05, 0) is 13.8 Å². The van der Waals surface area contributed by atoms with Gasteiger partial charge in [0, 0.05) is 8.35 Å². The fraction of sp³-hybridized carbons (Fsp3) is 0.500. The molecule has 0 saturated carbocycles. The zero-order chi connectivity index (χ0) is 12.8. The molecule has 1 atom stereocenters. The van der Waals surface area contributed by atoms with Gasteiger partial charge in [-0.15, -0.1) is 0 Å². The minimum absolute atomic E-state index is 0. The molecule has 0 fully saturated rings. The van der Waals surface area contributed by atoms with Gasteiger partial charge >= 0.3 is 11.9 Å². The molecule has 0 aromatic carbocycles. The summed E-state index contributed by atoms with van der Waals surface area (Å²) in [6.07, 6.45) is 0.877. The van der Waals surface area contributed by atoms with Crippen LogP contribution in [0.5, 0.6) is 0 Å². The van der Waals surface area contributed by atoms with Gasteiger partial charge in [-0.3, -0.25) is 4.79 Å². The SMILES string of the molecule is C=COC(=O)C(C)(NC(C)=O)C(=O)OCC.[HH]. The van der Waals surface area contributed by atoms with Crippen LogP contribution in [0, 0.1) is 0 Å². The minimum Gasteiger partial charge on any atom is -0.464 e. The maximum Gasteiger partial charge on any atom is 0.348 e. The fourth-order valence-corrected chi connectivity index (χ4v) is 1.01. The first-order chi connectivity index (χ1) is 7.38. The molecule has 0 heterocycles. The molecule has 92 valence electrons. The molecule has 0 bridgehead atoms. The number of hydrogen-bond donors (Lipinski definition) is 1. The van der Waals surface area contributed by atoms with E-state index in [0.29, 0.717) is 0 Å². The lowest BCUT2D eigenvalue weighted by Crippen LogP contribution is -2.58. The average Bonchev–Trinajstić information content (AvgIpc) is 2.17. The Labute approximate surface area is 95.1 Å².